The molecule has 0 radical (unpaired) electrons. The van der Waals surface area contributed by atoms with Crippen molar-refractivity contribution in [2.75, 3.05) is 7.05 Å². The lowest BCUT2D eigenvalue weighted by molar-refractivity contribution is -0.137. The van der Waals surface area contributed by atoms with Crippen LogP contribution < -0.4 is 5.32 Å². The quantitative estimate of drug-likeness (QED) is 0.941. The van der Waals surface area contributed by atoms with Gasteiger partial charge in [0.15, 0.2) is 0 Å². The Morgan fingerprint density at radius 3 is 2.55 bits per heavy atom. The molecule has 0 aromatic carbocycles. The Bertz CT molecular complexity index is 563. The van der Waals surface area contributed by atoms with Gasteiger partial charge in [0.1, 0.15) is 0 Å². The van der Waals surface area contributed by atoms with Gasteiger partial charge in [-0.1, -0.05) is 0 Å². The number of hydrogen-bond donors (Lipinski definition) is 1. The molecular formula is C13H14F3N3S. The number of pyridine rings is 1. The Morgan fingerprint density at radius 2 is 2.10 bits per heavy atom. The predicted molar refractivity (Wildman–Crippen MR) is 71.6 cm³/mol. The molecule has 2 heterocycles. The second kappa shape index (κ2) is 5.88. The van der Waals surface area contributed by atoms with E-state index in [1.807, 2.05) is 12.3 Å². The zero-order valence-corrected chi connectivity index (χ0v) is 11.8. The number of nitrogens with one attached hydrogen (secondary N) is 1. The molecule has 0 saturated carbocycles. The number of halogens is 3. The van der Waals surface area contributed by atoms with E-state index >= 15 is 0 Å². The highest BCUT2D eigenvalue weighted by Gasteiger charge is 2.31. The molecule has 0 bridgehead atoms. The van der Waals surface area contributed by atoms with Crippen molar-refractivity contribution in [2.45, 2.75) is 25.6 Å². The van der Waals surface area contributed by atoms with Crippen LogP contribution >= 0.6 is 11.3 Å². The lowest BCUT2D eigenvalue weighted by Crippen LogP contribution is -2.20. The monoisotopic (exact) mass is 301 g/mol. The maximum absolute atomic E-state index is 12.5. The summed E-state index contributed by atoms with van der Waals surface area (Å²) in [5.41, 5.74) is 0.787. The van der Waals surface area contributed by atoms with Crippen LogP contribution in [0.1, 0.15) is 28.0 Å². The average molecular weight is 301 g/mol. The van der Waals surface area contributed by atoms with Gasteiger partial charge in [0.25, 0.3) is 0 Å². The normalized spacial score (nSPS) is 13.4. The van der Waals surface area contributed by atoms with Crippen LogP contribution in [0, 0.1) is 6.92 Å². The summed E-state index contributed by atoms with van der Waals surface area (Å²) < 4.78 is 37.5. The van der Waals surface area contributed by atoms with Crippen molar-refractivity contribution in [3.63, 3.8) is 0 Å². The lowest BCUT2D eigenvalue weighted by atomic mass is 10.1. The third-order valence-corrected chi connectivity index (χ3v) is 3.85. The van der Waals surface area contributed by atoms with Gasteiger partial charge in [0.2, 0.25) is 0 Å². The second-order valence-electron chi connectivity index (χ2n) is 4.40. The molecular weight excluding hydrogens is 287 g/mol. The van der Waals surface area contributed by atoms with E-state index < -0.39 is 11.7 Å². The average Bonchev–Trinajstić information content (AvgIpc) is 2.81. The highest BCUT2D eigenvalue weighted by Crippen LogP contribution is 2.29. The van der Waals surface area contributed by atoms with Crippen LogP contribution in [0.5, 0.6) is 0 Å². The van der Waals surface area contributed by atoms with Crippen molar-refractivity contribution in [1.29, 1.82) is 0 Å². The van der Waals surface area contributed by atoms with Crippen LogP contribution in [-0.2, 0) is 12.6 Å². The van der Waals surface area contributed by atoms with Crippen LogP contribution in [0.4, 0.5) is 13.2 Å². The van der Waals surface area contributed by atoms with E-state index in [0.717, 1.165) is 23.0 Å². The van der Waals surface area contributed by atoms with Crippen molar-refractivity contribution in [3.8, 4) is 0 Å². The lowest BCUT2D eigenvalue weighted by Gasteiger charge is -2.15. The maximum Gasteiger partial charge on any atom is 0.417 e. The number of likely N-dealkylation sites (N-methyl/N-ethyl adjacent to an activating group) is 1. The van der Waals surface area contributed by atoms with E-state index in [0.29, 0.717) is 12.1 Å². The fourth-order valence-corrected chi connectivity index (χ4v) is 2.62. The Labute approximate surface area is 118 Å². The Morgan fingerprint density at radius 1 is 1.35 bits per heavy atom. The summed E-state index contributed by atoms with van der Waals surface area (Å²) in [5, 5.41) is 5.94. The molecule has 0 aliphatic rings. The van der Waals surface area contributed by atoms with Gasteiger partial charge in [-0.3, -0.25) is 4.98 Å². The minimum atomic E-state index is -4.35. The first-order valence-electron chi connectivity index (χ1n) is 6.01. The van der Waals surface area contributed by atoms with Crippen molar-refractivity contribution < 1.29 is 13.2 Å². The first-order valence-corrected chi connectivity index (χ1v) is 6.89. The van der Waals surface area contributed by atoms with E-state index in [-0.39, 0.29) is 6.04 Å². The van der Waals surface area contributed by atoms with E-state index in [4.69, 9.17) is 0 Å². The minimum absolute atomic E-state index is 0.150. The number of alkyl halides is 3. The smallest absolute Gasteiger partial charge is 0.311 e. The molecule has 2 aromatic heterocycles. The van der Waals surface area contributed by atoms with Crippen LogP contribution in [0.15, 0.2) is 23.7 Å². The van der Waals surface area contributed by atoms with Crippen LogP contribution in [0.3, 0.4) is 0 Å². The molecule has 1 atom stereocenters. The molecule has 0 amide bonds. The van der Waals surface area contributed by atoms with E-state index in [1.165, 1.54) is 17.4 Å². The van der Waals surface area contributed by atoms with Crippen LogP contribution in [0.25, 0.3) is 0 Å². The first kappa shape index (κ1) is 14.9. The van der Waals surface area contributed by atoms with Gasteiger partial charge in [-0.15, -0.1) is 11.3 Å². The number of aromatic nitrogens is 2. The molecule has 3 nitrogen and oxygen atoms in total. The number of hydrogen-bond acceptors (Lipinski definition) is 4. The number of aryl methyl sites for hydroxylation is 1. The molecule has 1 unspecified atom stereocenters. The molecule has 0 aliphatic carbocycles. The molecule has 2 aromatic rings. The first-order chi connectivity index (χ1) is 9.40. The molecule has 0 saturated heterocycles. The van der Waals surface area contributed by atoms with Gasteiger partial charge in [-0.2, -0.15) is 13.2 Å². The SMILES string of the molecule is CNC(Cc1nc(C)cs1)c1ccc(C(F)(F)F)cn1. The number of nitrogens with zero attached hydrogens (tertiary/aromatic N) is 2. The fraction of sp³-hybridized carbons (Fsp3) is 0.385. The van der Waals surface area contributed by atoms with Gasteiger partial charge in [-0.05, 0) is 26.1 Å². The second-order valence-corrected chi connectivity index (χ2v) is 5.34. The van der Waals surface area contributed by atoms with Gasteiger partial charge in [-0.25, -0.2) is 4.98 Å². The van der Waals surface area contributed by atoms with E-state index in [2.05, 4.69) is 15.3 Å². The summed E-state index contributed by atoms with van der Waals surface area (Å²) in [4.78, 5) is 8.27. The molecule has 20 heavy (non-hydrogen) atoms. The van der Waals surface area contributed by atoms with Crippen molar-refractivity contribution in [1.82, 2.24) is 15.3 Å². The summed E-state index contributed by atoms with van der Waals surface area (Å²) in [5.74, 6) is 0. The highest BCUT2D eigenvalue weighted by atomic mass is 32.1. The van der Waals surface area contributed by atoms with Crippen LogP contribution in [-0.4, -0.2) is 17.0 Å². The standard InChI is InChI=1S/C13H14F3N3S/c1-8-7-20-12(19-8)5-11(17-2)10-4-3-9(6-18-10)13(14,15)16/h3-4,6-7,11,17H,5H2,1-2H3. The van der Waals surface area contributed by atoms with Gasteiger partial charge in [0, 0.05) is 23.7 Å². The van der Waals surface area contributed by atoms with Crippen molar-refractivity contribution in [2.24, 2.45) is 0 Å². The number of thiazole rings is 1. The molecule has 0 fully saturated rings. The molecule has 108 valence electrons. The van der Waals surface area contributed by atoms with E-state index in [1.54, 1.807) is 7.05 Å². The van der Waals surface area contributed by atoms with E-state index in [9.17, 15) is 13.2 Å². The highest BCUT2D eigenvalue weighted by molar-refractivity contribution is 7.09. The molecule has 0 aliphatic heterocycles. The Balaban J connectivity index is 2.15. The summed E-state index contributed by atoms with van der Waals surface area (Å²) in [6.45, 7) is 1.91. The summed E-state index contributed by atoms with van der Waals surface area (Å²) >= 11 is 1.54. The topological polar surface area (TPSA) is 37.8 Å². The van der Waals surface area contributed by atoms with Gasteiger partial charge < -0.3 is 5.32 Å². The minimum Gasteiger partial charge on any atom is -0.311 e. The van der Waals surface area contributed by atoms with Crippen LogP contribution in [0.2, 0.25) is 0 Å². The Kier molecular flexibility index (Phi) is 4.39. The van der Waals surface area contributed by atoms with Gasteiger partial charge in [0.05, 0.1) is 22.3 Å². The summed E-state index contributed by atoms with van der Waals surface area (Å²) in [6.07, 6.45) is -2.88. The zero-order valence-electron chi connectivity index (χ0n) is 11.0. The zero-order chi connectivity index (χ0) is 14.8. The number of rotatable bonds is 4. The maximum atomic E-state index is 12.5. The summed E-state index contributed by atoms with van der Waals surface area (Å²) in [6, 6.07) is 2.31. The molecule has 7 heteroatoms. The summed E-state index contributed by atoms with van der Waals surface area (Å²) in [7, 11) is 1.75. The molecule has 2 rings (SSSR count). The van der Waals surface area contributed by atoms with Crippen molar-refractivity contribution >= 4 is 11.3 Å². The van der Waals surface area contributed by atoms with Gasteiger partial charge >= 0.3 is 6.18 Å². The third kappa shape index (κ3) is 3.55. The molecule has 0 spiro atoms. The molecule has 1 N–H and O–H groups in total. The largest absolute Gasteiger partial charge is 0.417 e. The van der Waals surface area contributed by atoms with Crippen molar-refractivity contribution in [3.05, 3.63) is 45.7 Å². The predicted octanol–water partition coefficient (Wildman–Crippen LogP) is 3.37. The Hall–Kier alpha value is -1.47. The third-order valence-electron chi connectivity index (χ3n) is 2.86. The fourth-order valence-electron chi connectivity index (χ4n) is 1.80.